The Kier molecular flexibility index (Phi) is 3.19. The fraction of sp³-hybridized carbons (Fsp3) is 0.500. The lowest BCUT2D eigenvalue weighted by molar-refractivity contribution is -0.389. The predicted molar refractivity (Wildman–Crippen MR) is 61.2 cm³/mol. The summed E-state index contributed by atoms with van der Waals surface area (Å²) in [5, 5.41) is 25.4. The van der Waals surface area contributed by atoms with Crippen LogP contribution >= 0.6 is 0 Å². The Balaban J connectivity index is 1.84. The molecule has 102 valence electrons. The molecule has 2 rings (SSSR count). The van der Waals surface area contributed by atoms with Crippen molar-refractivity contribution in [2.24, 2.45) is 5.41 Å². The molecule has 0 aromatic carbocycles. The second-order valence-electron chi connectivity index (χ2n) is 4.49. The number of carbonyl (C=O) groups is 2. The molecular formula is C10H12N4O5. The van der Waals surface area contributed by atoms with Gasteiger partial charge in [-0.3, -0.25) is 9.59 Å². The molecule has 0 atom stereocenters. The molecule has 0 saturated heterocycles. The number of nitro groups is 1. The van der Waals surface area contributed by atoms with Crippen LogP contribution in [0.25, 0.3) is 0 Å². The number of carbonyl (C=O) groups excluding carboxylic acids is 1. The van der Waals surface area contributed by atoms with Gasteiger partial charge >= 0.3 is 11.8 Å². The number of carboxylic acids is 1. The summed E-state index contributed by atoms with van der Waals surface area (Å²) in [5.41, 5.74) is -0.828. The average Bonchev–Trinajstić information content (AvgIpc) is 3.00. The molecule has 1 aromatic heterocycles. The fourth-order valence-electron chi connectivity index (χ4n) is 1.62. The molecule has 9 nitrogen and oxygen atoms in total. The van der Waals surface area contributed by atoms with E-state index in [9.17, 15) is 19.7 Å². The summed E-state index contributed by atoms with van der Waals surface area (Å²) in [6.07, 6.45) is 2.42. The van der Waals surface area contributed by atoms with E-state index in [-0.39, 0.29) is 18.9 Å². The van der Waals surface area contributed by atoms with Gasteiger partial charge in [-0.2, -0.15) is 4.68 Å². The highest BCUT2D eigenvalue weighted by atomic mass is 16.6. The fourth-order valence-corrected chi connectivity index (χ4v) is 1.62. The SMILES string of the molecule is O=C(Cn1ccc([N+](=O)[O-])n1)NCC1(C(=O)O)CC1. The van der Waals surface area contributed by atoms with Gasteiger partial charge in [-0.15, -0.1) is 0 Å². The molecule has 1 fully saturated rings. The molecule has 1 aromatic rings. The number of hydrogen-bond acceptors (Lipinski definition) is 5. The topological polar surface area (TPSA) is 127 Å². The van der Waals surface area contributed by atoms with Crippen LogP contribution in [-0.2, 0) is 16.1 Å². The van der Waals surface area contributed by atoms with Crippen LogP contribution in [0.15, 0.2) is 12.3 Å². The van der Waals surface area contributed by atoms with Gasteiger partial charge in [0.2, 0.25) is 5.91 Å². The highest BCUT2D eigenvalue weighted by Gasteiger charge is 2.50. The van der Waals surface area contributed by atoms with E-state index < -0.39 is 22.2 Å². The first-order chi connectivity index (χ1) is 8.93. The average molecular weight is 268 g/mol. The van der Waals surface area contributed by atoms with Crippen LogP contribution in [0.1, 0.15) is 12.8 Å². The van der Waals surface area contributed by atoms with E-state index in [4.69, 9.17) is 5.11 Å². The van der Waals surface area contributed by atoms with Crippen molar-refractivity contribution in [2.45, 2.75) is 19.4 Å². The van der Waals surface area contributed by atoms with Crippen LogP contribution in [0.3, 0.4) is 0 Å². The Morgan fingerprint density at radius 1 is 1.58 bits per heavy atom. The number of hydrogen-bond donors (Lipinski definition) is 2. The van der Waals surface area contributed by atoms with E-state index in [1.807, 2.05) is 0 Å². The lowest BCUT2D eigenvalue weighted by Crippen LogP contribution is -2.36. The minimum absolute atomic E-state index is 0.0739. The maximum absolute atomic E-state index is 11.6. The lowest BCUT2D eigenvalue weighted by atomic mass is 10.1. The summed E-state index contributed by atoms with van der Waals surface area (Å²) in [7, 11) is 0. The third-order valence-electron chi connectivity index (χ3n) is 3.05. The molecule has 19 heavy (non-hydrogen) atoms. The Bertz CT molecular complexity index is 534. The molecule has 2 N–H and O–H groups in total. The van der Waals surface area contributed by atoms with Gasteiger partial charge < -0.3 is 20.5 Å². The highest BCUT2D eigenvalue weighted by Crippen LogP contribution is 2.45. The first-order valence-electron chi connectivity index (χ1n) is 5.61. The molecule has 1 heterocycles. The van der Waals surface area contributed by atoms with Crippen molar-refractivity contribution in [3.8, 4) is 0 Å². The Hall–Kier alpha value is -2.45. The van der Waals surface area contributed by atoms with E-state index >= 15 is 0 Å². The summed E-state index contributed by atoms with van der Waals surface area (Å²) in [5.74, 6) is -1.68. The Morgan fingerprint density at radius 2 is 2.26 bits per heavy atom. The number of carboxylic acid groups (broad SMARTS) is 1. The smallest absolute Gasteiger partial charge is 0.389 e. The maximum atomic E-state index is 11.6. The largest absolute Gasteiger partial charge is 0.481 e. The van der Waals surface area contributed by atoms with Crippen molar-refractivity contribution in [3.63, 3.8) is 0 Å². The zero-order valence-electron chi connectivity index (χ0n) is 9.90. The van der Waals surface area contributed by atoms with Crippen molar-refractivity contribution < 1.29 is 19.6 Å². The van der Waals surface area contributed by atoms with Crippen molar-refractivity contribution in [1.82, 2.24) is 15.1 Å². The zero-order valence-corrected chi connectivity index (χ0v) is 9.90. The van der Waals surface area contributed by atoms with Crippen molar-refractivity contribution in [2.75, 3.05) is 6.54 Å². The Labute approximate surface area is 107 Å². The van der Waals surface area contributed by atoms with Gasteiger partial charge in [0, 0.05) is 6.54 Å². The van der Waals surface area contributed by atoms with Crippen molar-refractivity contribution in [1.29, 1.82) is 0 Å². The van der Waals surface area contributed by atoms with Gasteiger partial charge in [-0.25, -0.2) is 0 Å². The summed E-state index contributed by atoms with van der Waals surface area (Å²) in [4.78, 5) is 32.2. The standard InChI is InChI=1S/C10H12N4O5/c15-8(11-6-10(2-3-10)9(16)17)5-13-4-1-7(12-13)14(18)19/h1,4H,2-3,5-6H2,(H,11,15)(H,16,17). The molecule has 1 aliphatic rings. The van der Waals surface area contributed by atoms with E-state index in [1.54, 1.807) is 0 Å². The minimum atomic E-state index is -0.914. The third kappa shape index (κ3) is 2.87. The molecule has 1 saturated carbocycles. The van der Waals surface area contributed by atoms with E-state index in [2.05, 4.69) is 10.4 Å². The minimum Gasteiger partial charge on any atom is -0.481 e. The number of aliphatic carboxylic acids is 1. The molecular weight excluding hydrogens is 256 g/mol. The highest BCUT2D eigenvalue weighted by molar-refractivity contribution is 5.80. The predicted octanol–water partition coefficient (Wildman–Crippen LogP) is -0.228. The van der Waals surface area contributed by atoms with E-state index in [0.717, 1.165) is 4.68 Å². The zero-order chi connectivity index (χ0) is 14.0. The normalized spacial score (nSPS) is 15.8. The van der Waals surface area contributed by atoms with Gasteiger partial charge in [-0.05, 0) is 17.8 Å². The summed E-state index contributed by atoms with van der Waals surface area (Å²) in [6.45, 7) is -0.103. The number of rotatable bonds is 6. The molecule has 1 amide bonds. The Morgan fingerprint density at radius 3 is 2.74 bits per heavy atom. The van der Waals surface area contributed by atoms with Crippen LogP contribution in [0, 0.1) is 15.5 Å². The van der Waals surface area contributed by atoms with Crippen molar-refractivity contribution >= 4 is 17.7 Å². The molecule has 1 aliphatic carbocycles. The van der Waals surface area contributed by atoms with Crippen LogP contribution < -0.4 is 5.32 Å². The van der Waals surface area contributed by atoms with Crippen LogP contribution in [0.4, 0.5) is 5.82 Å². The molecule has 9 heteroatoms. The van der Waals surface area contributed by atoms with E-state index in [1.165, 1.54) is 12.3 Å². The molecule has 0 aliphatic heterocycles. The quantitative estimate of drug-likeness (QED) is 0.542. The summed E-state index contributed by atoms with van der Waals surface area (Å²) in [6, 6.07) is 1.19. The van der Waals surface area contributed by atoms with Crippen LogP contribution in [-0.4, -0.2) is 38.2 Å². The summed E-state index contributed by atoms with van der Waals surface area (Å²) >= 11 is 0. The van der Waals surface area contributed by atoms with Gasteiger partial charge in [-0.1, -0.05) is 0 Å². The van der Waals surface area contributed by atoms with E-state index in [0.29, 0.717) is 12.8 Å². The van der Waals surface area contributed by atoms with Gasteiger partial charge in [0.15, 0.2) is 0 Å². The van der Waals surface area contributed by atoms with Gasteiger partial charge in [0.1, 0.15) is 6.54 Å². The third-order valence-corrected chi connectivity index (χ3v) is 3.05. The molecule has 0 bridgehead atoms. The maximum Gasteiger partial charge on any atom is 0.389 e. The number of nitrogens with zero attached hydrogens (tertiary/aromatic N) is 3. The second-order valence-corrected chi connectivity index (χ2v) is 4.49. The van der Waals surface area contributed by atoms with Gasteiger partial charge in [0.05, 0.1) is 22.8 Å². The number of nitrogens with one attached hydrogen (secondary N) is 1. The van der Waals surface area contributed by atoms with Crippen LogP contribution in [0.5, 0.6) is 0 Å². The monoisotopic (exact) mass is 268 g/mol. The lowest BCUT2D eigenvalue weighted by Gasteiger charge is -2.10. The van der Waals surface area contributed by atoms with Crippen molar-refractivity contribution in [3.05, 3.63) is 22.4 Å². The van der Waals surface area contributed by atoms with Crippen LogP contribution in [0.2, 0.25) is 0 Å². The number of amides is 1. The summed E-state index contributed by atoms with van der Waals surface area (Å²) < 4.78 is 1.13. The molecule has 0 unspecified atom stereocenters. The first kappa shape index (κ1) is 13.0. The first-order valence-corrected chi connectivity index (χ1v) is 5.61. The number of aromatic nitrogens is 2. The van der Waals surface area contributed by atoms with Gasteiger partial charge in [0.25, 0.3) is 0 Å². The molecule has 0 radical (unpaired) electrons. The second kappa shape index (κ2) is 4.67. The molecule has 0 spiro atoms.